The Bertz CT molecular complexity index is 1060. The fraction of sp³-hybridized carbons (Fsp3) is 0.0952. The molecule has 1 aliphatic heterocycles. The first-order valence-corrected chi connectivity index (χ1v) is 8.77. The van der Waals surface area contributed by atoms with Crippen molar-refractivity contribution in [1.29, 1.82) is 0 Å². The van der Waals surface area contributed by atoms with E-state index in [4.69, 9.17) is 4.42 Å². The highest BCUT2D eigenvalue weighted by Gasteiger charge is 2.17. The van der Waals surface area contributed by atoms with Crippen LogP contribution in [0, 0.1) is 0 Å². The van der Waals surface area contributed by atoms with Gasteiger partial charge < -0.3 is 20.4 Å². The Hall–Kier alpha value is -3.87. The van der Waals surface area contributed by atoms with Gasteiger partial charge in [0, 0.05) is 29.0 Å². The van der Waals surface area contributed by atoms with Crippen molar-refractivity contribution in [3.8, 4) is 0 Å². The second-order valence-corrected chi connectivity index (χ2v) is 6.39. The molecule has 0 atom stereocenters. The van der Waals surface area contributed by atoms with Crippen LogP contribution in [0.15, 0.2) is 65.3 Å². The third-order valence-corrected chi connectivity index (χ3v) is 4.39. The van der Waals surface area contributed by atoms with E-state index >= 15 is 0 Å². The number of rotatable bonds is 4. The SMILES string of the molecule is O=C1CCc2cc(C(=O)Nc3cccc(NC(=O)c4ccco4)c3)ccc2N1. The van der Waals surface area contributed by atoms with E-state index in [0.717, 1.165) is 11.3 Å². The van der Waals surface area contributed by atoms with Crippen LogP contribution in [0.3, 0.4) is 0 Å². The smallest absolute Gasteiger partial charge is 0.291 e. The van der Waals surface area contributed by atoms with Crippen molar-refractivity contribution in [2.45, 2.75) is 12.8 Å². The van der Waals surface area contributed by atoms with Gasteiger partial charge in [0.15, 0.2) is 5.76 Å². The van der Waals surface area contributed by atoms with Crippen LogP contribution in [0.2, 0.25) is 0 Å². The lowest BCUT2D eigenvalue weighted by molar-refractivity contribution is -0.116. The molecule has 140 valence electrons. The topological polar surface area (TPSA) is 100 Å². The minimum atomic E-state index is -0.370. The maximum atomic E-state index is 12.6. The largest absolute Gasteiger partial charge is 0.459 e. The maximum absolute atomic E-state index is 12.6. The average molecular weight is 375 g/mol. The van der Waals surface area contributed by atoms with Gasteiger partial charge in [-0.15, -0.1) is 0 Å². The molecule has 4 rings (SSSR count). The number of amides is 3. The molecule has 1 aliphatic rings. The van der Waals surface area contributed by atoms with Gasteiger partial charge in [-0.3, -0.25) is 14.4 Å². The summed E-state index contributed by atoms with van der Waals surface area (Å²) < 4.78 is 5.06. The molecule has 0 fully saturated rings. The lowest BCUT2D eigenvalue weighted by Crippen LogP contribution is -2.20. The van der Waals surface area contributed by atoms with E-state index in [1.807, 2.05) is 0 Å². The van der Waals surface area contributed by atoms with Crippen LogP contribution in [0.5, 0.6) is 0 Å². The second-order valence-electron chi connectivity index (χ2n) is 6.39. The fourth-order valence-corrected chi connectivity index (χ4v) is 3.00. The van der Waals surface area contributed by atoms with E-state index < -0.39 is 0 Å². The summed E-state index contributed by atoms with van der Waals surface area (Å²) >= 11 is 0. The van der Waals surface area contributed by atoms with Crippen LogP contribution in [-0.2, 0) is 11.2 Å². The number of carbonyl (C=O) groups is 3. The van der Waals surface area contributed by atoms with Gasteiger partial charge in [0.2, 0.25) is 5.91 Å². The number of hydrogen-bond donors (Lipinski definition) is 3. The van der Waals surface area contributed by atoms with E-state index in [1.54, 1.807) is 54.6 Å². The molecule has 1 aromatic heterocycles. The highest BCUT2D eigenvalue weighted by atomic mass is 16.3. The third-order valence-electron chi connectivity index (χ3n) is 4.39. The van der Waals surface area contributed by atoms with E-state index in [9.17, 15) is 14.4 Å². The minimum Gasteiger partial charge on any atom is -0.459 e. The van der Waals surface area contributed by atoms with Crippen molar-refractivity contribution < 1.29 is 18.8 Å². The van der Waals surface area contributed by atoms with Crippen molar-refractivity contribution in [3.05, 3.63) is 77.7 Å². The molecule has 3 N–H and O–H groups in total. The Morgan fingerprint density at radius 1 is 0.893 bits per heavy atom. The summed E-state index contributed by atoms with van der Waals surface area (Å²) in [6, 6.07) is 15.2. The summed E-state index contributed by atoms with van der Waals surface area (Å²) in [6.45, 7) is 0. The normalized spacial score (nSPS) is 12.6. The third kappa shape index (κ3) is 3.78. The van der Waals surface area contributed by atoms with Crippen LogP contribution >= 0.6 is 0 Å². The van der Waals surface area contributed by atoms with E-state index in [2.05, 4.69) is 16.0 Å². The van der Waals surface area contributed by atoms with Crippen molar-refractivity contribution in [2.24, 2.45) is 0 Å². The molecule has 2 heterocycles. The number of fused-ring (bicyclic) bond motifs is 1. The van der Waals surface area contributed by atoms with E-state index in [-0.39, 0.29) is 23.5 Å². The van der Waals surface area contributed by atoms with Gasteiger partial charge in [-0.25, -0.2) is 0 Å². The summed E-state index contributed by atoms with van der Waals surface area (Å²) in [5, 5.41) is 8.33. The molecule has 3 aromatic rings. The predicted octanol–water partition coefficient (Wildman–Crippen LogP) is 3.67. The summed E-state index contributed by atoms with van der Waals surface area (Å²) in [4.78, 5) is 36.1. The van der Waals surface area contributed by atoms with Gasteiger partial charge in [-0.2, -0.15) is 0 Å². The quantitative estimate of drug-likeness (QED) is 0.648. The van der Waals surface area contributed by atoms with Gasteiger partial charge in [-0.05, 0) is 60.5 Å². The molecular weight excluding hydrogens is 358 g/mol. The van der Waals surface area contributed by atoms with Crippen molar-refractivity contribution >= 4 is 34.8 Å². The number of furan rings is 1. The summed E-state index contributed by atoms with van der Waals surface area (Å²) in [6.07, 6.45) is 2.45. The first-order chi connectivity index (χ1) is 13.6. The molecular formula is C21H17N3O4. The lowest BCUT2D eigenvalue weighted by Gasteiger charge is -2.17. The minimum absolute atomic E-state index is 0.0156. The zero-order valence-corrected chi connectivity index (χ0v) is 14.8. The van der Waals surface area contributed by atoms with Crippen LogP contribution in [-0.4, -0.2) is 17.7 Å². The number of hydrogen-bond acceptors (Lipinski definition) is 4. The molecule has 0 bridgehead atoms. The van der Waals surface area contributed by atoms with Crippen molar-refractivity contribution in [2.75, 3.05) is 16.0 Å². The Morgan fingerprint density at radius 3 is 2.43 bits per heavy atom. The molecule has 0 unspecified atom stereocenters. The maximum Gasteiger partial charge on any atom is 0.291 e. The summed E-state index contributed by atoms with van der Waals surface area (Å²) in [5.41, 5.74) is 3.27. The van der Waals surface area contributed by atoms with E-state index in [1.165, 1.54) is 6.26 Å². The van der Waals surface area contributed by atoms with Crippen LogP contribution in [0.4, 0.5) is 17.1 Å². The lowest BCUT2D eigenvalue weighted by atomic mass is 10.00. The standard InChI is InChI=1S/C21H17N3O4/c25-19-9-7-13-11-14(6-8-17(13)24-19)20(26)22-15-3-1-4-16(12-15)23-21(27)18-5-2-10-28-18/h1-6,8,10-12H,7,9H2,(H,22,26)(H,23,27)(H,24,25). The van der Waals surface area contributed by atoms with Crippen LogP contribution in [0.1, 0.15) is 32.9 Å². The van der Waals surface area contributed by atoms with Gasteiger partial charge in [0.05, 0.1) is 6.26 Å². The molecule has 0 radical (unpaired) electrons. The Balaban J connectivity index is 1.46. The van der Waals surface area contributed by atoms with Crippen molar-refractivity contribution in [1.82, 2.24) is 0 Å². The Labute approximate surface area is 160 Å². The molecule has 28 heavy (non-hydrogen) atoms. The molecule has 0 spiro atoms. The van der Waals surface area contributed by atoms with Gasteiger partial charge in [-0.1, -0.05) is 6.07 Å². The molecule has 7 heteroatoms. The van der Waals surface area contributed by atoms with Gasteiger partial charge >= 0.3 is 0 Å². The first-order valence-electron chi connectivity index (χ1n) is 8.77. The summed E-state index contributed by atoms with van der Waals surface area (Å²) in [7, 11) is 0. The van der Waals surface area contributed by atoms with Crippen LogP contribution < -0.4 is 16.0 Å². The van der Waals surface area contributed by atoms with Crippen molar-refractivity contribution in [3.63, 3.8) is 0 Å². The highest BCUT2D eigenvalue weighted by molar-refractivity contribution is 6.06. The molecule has 0 saturated carbocycles. The number of anilines is 3. The highest BCUT2D eigenvalue weighted by Crippen LogP contribution is 2.24. The number of carbonyl (C=O) groups excluding carboxylic acids is 3. The van der Waals surface area contributed by atoms with Crippen LogP contribution in [0.25, 0.3) is 0 Å². The molecule has 0 saturated heterocycles. The van der Waals surface area contributed by atoms with E-state index in [0.29, 0.717) is 29.8 Å². The summed E-state index contributed by atoms with van der Waals surface area (Å²) in [5.74, 6) is -0.451. The molecule has 2 aromatic carbocycles. The number of aryl methyl sites for hydroxylation is 1. The number of nitrogens with one attached hydrogen (secondary N) is 3. The Kier molecular flexibility index (Phi) is 4.63. The fourth-order valence-electron chi connectivity index (χ4n) is 3.00. The molecule has 0 aliphatic carbocycles. The van der Waals surface area contributed by atoms with Gasteiger partial charge in [0.1, 0.15) is 0 Å². The molecule has 3 amide bonds. The second kappa shape index (κ2) is 7.40. The number of benzene rings is 2. The Morgan fingerprint density at radius 2 is 1.68 bits per heavy atom. The zero-order valence-electron chi connectivity index (χ0n) is 14.8. The van der Waals surface area contributed by atoms with Gasteiger partial charge in [0.25, 0.3) is 11.8 Å². The zero-order chi connectivity index (χ0) is 19.5. The first kappa shape index (κ1) is 17.5. The predicted molar refractivity (Wildman–Crippen MR) is 104 cm³/mol. The average Bonchev–Trinajstić information content (AvgIpc) is 3.23. The molecule has 7 nitrogen and oxygen atoms in total. The monoisotopic (exact) mass is 375 g/mol.